The van der Waals surface area contributed by atoms with Crippen LogP contribution < -0.4 is 0 Å². The average Bonchev–Trinajstić information content (AvgIpc) is 3.00. The van der Waals surface area contributed by atoms with Crippen molar-refractivity contribution in [1.82, 2.24) is 19.4 Å². The number of aryl methyl sites for hydroxylation is 1. The van der Waals surface area contributed by atoms with Gasteiger partial charge in [-0.15, -0.1) is 0 Å². The van der Waals surface area contributed by atoms with E-state index in [1.165, 1.54) is 5.69 Å². The Morgan fingerprint density at radius 3 is 2.64 bits per heavy atom. The summed E-state index contributed by atoms with van der Waals surface area (Å²) in [7, 11) is 0. The lowest BCUT2D eigenvalue weighted by Crippen LogP contribution is -2.36. The number of para-hydroxylation sites is 2. The van der Waals surface area contributed by atoms with E-state index in [0.717, 1.165) is 42.1 Å². The molecule has 112 valence electrons. The standard InChI is InChI=1S/C18H20N4/c1-13-17(20-16-7-4-3-6-15(16)19-13)12-22-11-10-21-9-5-8-18(21)14(22)2/h3-9,14H,10-12H2,1-2H3. The number of nitrogens with zero attached hydrogens (tertiary/aromatic N) is 4. The summed E-state index contributed by atoms with van der Waals surface area (Å²) in [5, 5.41) is 0. The second kappa shape index (κ2) is 5.21. The average molecular weight is 292 g/mol. The molecule has 4 heteroatoms. The van der Waals surface area contributed by atoms with Crippen LogP contribution in [0.25, 0.3) is 11.0 Å². The van der Waals surface area contributed by atoms with Crippen molar-refractivity contribution < 1.29 is 0 Å². The number of rotatable bonds is 2. The largest absolute Gasteiger partial charge is 0.349 e. The van der Waals surface area contributed by atoms with Crippen LogP contribution in [0, 0.1) is 6.92 Å². The first kappa shape index (κ1) is 13.5. The Bertz CT molecular complexity index is 821. The third-order valence-electron chi connectivity index (χ3n) is 4.66. The van der Waals surface area contributed by atoms with Crippen molar-refractivity contribution in [2.75, 3.05) is 6.54 Å². The highest BCUT2D eigenvalue weighted by molar-refractivity contribution is 5.74. The molecule has 2 aromatic heterocycles. The second-order valence-corrected chi connectivity index (χ2v) is 6.02. The minimum Gasteiger partial charge on any atom is -0.349 e. The Balaban J connectivity index is 1.65. The molecular formula is C18H20N4. The van der Waals surface area contributed by atoms with Gasteiger partial charge in [-0.2, -0.15) is 0 Å². The number of fused-ring (bicyclic) bond motifs is 2. The lowest BCUT2D eigenvalue weighted by atomic mass is 10.1. The van der Waals surface area contributed by atoms with Gasteiger partial charge in [0.15, 0.2) is 0 Å². The molecule has 0 saturated carbocycles. The van der Waals surface area contributed by atoms with Crippen molar-refractivity contribution in [1.29, 1.82) is 0 Å². The Morgan fingerprint density at radius 1 is 1.05 bits per heavy atom. The van der Waals surface area contributed by atoms with Crippen LogP contribution in [-0.2, 0) is 13.1 Å². The van der Waals surface area contributed by atoms with Crippen LogP contribution in [0.2, 0.25) is 0 Å². The van der Waals surface area contributed by atoms with Gasteiger partial charge in [-0.3, -0.25) is 4.90 Å². The molecule has 0 aliphatic carbocycles. The monoisotopic (exact) mass is 292 g/mol. The van der Waals surface area contributed by atoms with Gasteiger partial charge in [0.05, 0.1) is 22.4 Å². The zero-order valence-electron chi connectivity index (χ0n) is 13.0. The molecule has 1 atom stereocenters. The summed E-state index contributed by atoms with van der Waals surface area (Å²) in [6.07, 6.45) is 2.17. The van der Waals surface area contributed by atoms with Gasteiger partial charge in [-0.05, 0) is 38.1 Å². The van der Waals surface area contributed by atoms with Crippen molar-refractivity contribution >= 4 is 11.0 Å². The lowest BCUT2D eigenvalue weighted by molar-refractivity contribution is 0.158. The molecule has 0 amide bonds. The van der Waals surface area contributed by atoms with Gasteiger partial charge in [0.2, 0.25) is 0 Å². The normalized spacial score (nSPS) is 18.5. The van der Waals surface area contributed by atoms with Crippen LogP contribution in [0.5, 0.6) is 0 Å². The zero-order valence-corrected chi connectivity index (χ0v) is 13.0. The fraction of sp³-hybridized carbons (Fsp3) is 0.333. The van der Waals surface area contributed by atoms with E-state index >= 15 is 0 Å². The number of hydrogen-bond donors (Lipinski definition) is 0. The number of aromatic nitrogens is 3. The Hall–Kier alpha value is -2.20. The summed E-state index contributed by atoms with van der Waals surface area (Å²) >= 11 is 0. The third kappa shape index (κ3) is 2.20. The molecule has 1 aromatic carbocycles. The number of benzene rings is 1. The van der Waals surface area contributed by atoms with Crippen LogP contribution in [0.4, 0.5) is 0 Å². The molecule has 3 aromatic rings. The molecule has 1 unspecified atom stereocenters. The fourth-order valence-electron chi connectivity index (χ4n) is 3.31. The molecule has 0 bridgehead atoms. The SMILES string of the molecule is Cc1nc2ccccc2nc1CN1CCn2cccc2C1C. The summed E-state index contributed by atoms with van der Waals surface area (Å²) in [6.45, 7) is 7.29. The Labute approximate surface area is 130 Å². The molecule has 0 N–H and O–H groups in total. The van der Waals surface area contributed by atoms with Crippen LogP contribution in [-0.4, -0.2) is 26.0 Å². The summed E-state index contributed by atoms with van der Waals surface area (Å²) in [5.74, 6) is 0. The third-order valence-corrected chi connectivity index (χ3v) is 4.66. The van der Waals surface area contributed by atoms with Crippen molar-refractivity contribution in [3.05, 3.63) is 59.7 Å². The molecule has 0 fully saturated rings. The maximum atomic E-state index is 4.84. The smallest absolute Gasteiger partial charge is 0.0890 e. The van der Waals surface area contributed by atoms with Gasteiger partial charge in [0.25, 0.3) is 0 Å². The Morgan fingerprint density at radius 2 is 1.82 bits per heavy atom. The highest BCUT2D eigenvalue weighted by atomic mass is 15.2. The summed E-state index contributed by atoms with van der Waals surface area (Å²) in [4.78, 5) is 12.0. The highest BCUT2D eigenvalue weighted by Gasteiger charge is 2.24. The van der Waals surface area contributed by atoms with Crippen LogP contribution in [0.1, 0.15) is 30.0 Å². The summed E-state index contributed by atoms with van der Waals surface area (Å²) in [5.41, 5.74) is 5.47. The quantitative estimate of drug-likeness (QED) is 0.726. The van der Waals surface area contributed by atoms with E-state index in [9.17, 15) is 0 Å². The van der Waals surface area contributed by atoms with Crippen molar-refractivity contribution in [2.24, 2.45) is 0 Å². The van der Waals surface area contributed by atoms with Gasteiger partial charge in [-0.25, -0.2) is 9.97 Å². The fourth-order valence-corrected chi connectivity index (χ4v) is 3.31. The minimum absolute atomic E-state index is 0.413. The van der Waals surface area contributed by atoms with E-state index in [1.54, 1.807) is 0 Å². The van der Waals surface area contributed by atoms with Gasteiger partial charge < -0.3 is 4.57 Å². The lowest BCUT2D eigenvalue weighted by Gasteiger charge is -2.34. The van der Waals surface area contributed by atoms with Crippen LogP contribution in [0.3, 0.4) is 0 Å². The topological polar surface area (TPSA) is 34.0 Å². The van der Waals surface area contributed by atoms with E-state index in [4.69, 9.17) is 9.97 Å². The highest BCUT2D eigenvalue weighted by Crippen LogP contribution is 2.27. The predicted octanol–water partition coefficient (Wildman–Crippen LogP) is 3.32. The summed E-state index contributed by atoms with van der Waals surface area (Å²) in [6, 6.07) is 12.9. The summed E-state index contributed by atoms with van der Waals surface area (Å²) < 4.78 is 2.35. The second-order valence-electron chi connectivity index (χ2n) is 6.02. The first-order valence-corrected chi connectivity index (χ1v) is 7.84. The van der Waals surface area contributed by atoms with E-state index in [0.29, 0.717) is 6.04 Å². The maximum absolute atomic E-state index is 4.84. The zero-order chi connectivity index (χ0) is 15.1. The van der Waals surface area contributed by atoms with Crippen molar-refractivity contribution in [2.45, 2.75) is 33.0 Å². The molecule has 22 heavy (non-hydrogen) atoms. The van der Waals surface area contributed by atoms with Gasteiger partial charge in [-0.1, -0.05) is 12.1 Å². The first-order valence-electron chi connectivity index (χ1n) is 7.84. The van der Waals surface area contributed by atoms with Crippen LogP contribution >= 0.6 is 0 Å². The predicted molar refractivity (Wildman–Crippen MR) is 87.5 cm³/mol. The minimum atomic E-state index is 0.413. The van der Waals surface area contributed by atoms with E-state index in [2.05, 4.69) is 41.6 Å². The number of hydrogen-bond acceptors (Lipinski definition) is 3. The van der Waals surface area contributed by atoms with E-state index < -0.39 is 0 Å². The van der Waals surface area contributed by atoms with Crippen molar-refractivity contribution in [3.8, 4) is 0 Å². The maximum Gasteiger partial charge on any atom is 0.0890 e. The molecular weight excluding hydrogens is 272 g/mol. The van der Waals surface area contributed by atoms with E-state index in [1.807, 2.05) is 24.3 Å². The van der Waals surface area contributed by atoms with Crippen molar-refractivity contribution in [3.63, 3.8) is 0 Å². The molecule has 1 aliphatic rings. The van der Waals surface area contributed by atoms with Gasteiger partial charge in [0.1, 0.15) is 0 Å². The van der Waals surface area contributed by atoms with Gasteiger partial charge >= 0.3 is 0 Å². The molecule has 3 heterocycles. The Kier molecular flexibility index (Phi) is 3.19. The molecule has 1 aliphatic heterocycles. The molecule has 0 spiro atoms. The molecule has 0 radical (unpaired) electrons. The molecule has 4 rings (SSSR count). The van der Waals surface area contributed by atoms with Crippen LogP contribution in [0.15, 0.2) is 42.6 Å². The molecule has 4 nitrogen and oxygen atoms in total. The van der Waals surface area contributed by atoms with Gasteiger partial charge in [0, 0.05) is 37.6 Å². The molecule has 0 saturated heterocycles. The first-order chi connectivity index (χ1) is 10.7. The van der Waals surface area contributed by atoms with E-state index in [-0.39, 0.29) is 0 Å².